The van der Waals surface area contributed by atoms with E-state index >= 15 is 0 Å². The highest BCUT2D eigenvalue weighted by Crippen LogP contribution is 2.21. The van der Waals surface area contributed by atoms with Gasteiger partial charge >= 0.3 is 0 Å². The molecule has 3 nitrogen and oxygen atoms in total. The van der Waals surface area contributed by atoms with Gasteiger partial charge in [-0.1, -0.05) is 0 Å². The van der Waals surface area contributed by atoms with Crippen molar-refractivity contribution in [1.29, 1.82) is 0 Å². The lowest BCUT2D eigenvalue weighted by molar-refractivity contribution is 0.425. The van der Waals surface area contributed by atoms with Crippen molar-refractivity contribution in [3.8, 4) is 0 Å². The smallest absolute Gasteiger partial charge is 0.140 e. The fourth-order valence-corrected chi connectivity index (χ4v) is 3.06. The first-order valence-electron chi connectivity index (χ1n) is 7.22. The average molecular weight is 299 g/mol. The van der Waals surface area contributed by atoms with E-state index < -0.39 is 0 Å². The van der Waals surface area contributed by atoms with E-state index in [0.717, 1.165) is 18.7 Å². The molecule has 3 heterocycles. The number of aromatic nitrogens is 2. The molecule has 0 amide bonds. The Kier molecular flexibility index (Phi) is 3.83. The van der Waals surface area contributed by atoms with Crippen LogP contribution in [0.15, 0.2) is 41.4 Å². The lowest BCUT2D eigenvalue weighted by atomic mass is 10.1. The van der Waals surface area contributed by atoms with Gasteiger partial charge in [0.2, 0.25) is 0 Å². The predicted octanol–water partition coefficient (Wildman–Crippen LogP) is 4.03. The van der Waals surface area contributed by atoms with E-state index in [1.54, 1.807) is 11.3 Å². The van der Waals surface area contributed by atoms with E-state index in [4.69, 9.17) is 0 Å². The molecule has 3 aromatic rings. The summed E-state index contributed by atoms with van der Waals surface area (Å²) in [5.74, 6) is 0. The van der Waals surface area contributed by atoms with Gasteiger partial charge in [0, 0.05) is 36.4 Å². The number of rotatable bonds is 4. The molecule has 21 heavy (non-hydrogen) atoms. The summed E-state index contributed by atoms with van der Waals surface area (Å²) < 4.78 is 2.25. The number of fused-ring (bicyclic) bond motifs is 1. The van der Waals surface area contributed by atoms with Crippen molar-refractivity contribution >= 4 is 22.4 Å². The number of pyridine rings is 1. The van der Waals surface area contributed by atoms with Crippen LogP contribution in [0.1, 0.15) is 31.9 Å². The Morgan fingerprint density at radius 1 is 1.29 bits per heavy atom. The molecule has 0 saturated heterocycles. The molecule has 0 bridgehead atoms. The summed E-state index contributed by atoms with van der Waals surface area (Å²) >= 11 is 1.74. The molecular weight excluding hydrogens is 278 g/mol. The molecule has 0 atom stereocenters. The molecule has 3 rings (SSSR count). The first-order valence-corrected chi connectivity index (χ1v) is 8.16. The summed E-state index contributed by atoms with van der Waals surface area (Å²) in [7, 11) is 0. The van der Waals surface area contributed by atoms with Gasteiger partial charge in [0.25, 0.3) is 0 Å². The summed E-state index contributed by atoms with van der Waals surface area (Å²) in [6, 6.07) is 6.34. The van der Waals surface area contributed by atoms with Gasteiger partial charge in [0.15, 0.2) is 0 Å². The monoisotopic (exact) mass is 299 g/mol. The molecule has 0 radical (unpaired) electrons. The van der Waals surface area contributed by atoms with Crippen LogP contribution in [0.5, 0.6) is 0 Å². The second-order valence-corrected chi connectivity index (χ2v) is 7.17. The van der Waals surface area contributed by atoms with Crippen LogP contribution < -0.4 is 5.32 Å². The molecule has 1 N–H and O–H groups in total. The Balaban J connectivity index is 1.94. The van der Waals surface area contributed by atoms with Gasteiger partial charge in [-0.25, -0.2) is 4.98 Å². The van der Waals surface area contributed by atoms with Gasteiger partial charge in [-0.3, -0.25) is 0 Å². The maximum atomic E-state index is 4.57. The van der Waals surface area contributed by atoms with Gasteiger partial charge in [0.05, 0.1) is 0 Å². The Bertz CT molecular complexity index is 720. The number of hydrogen-bond acceptors (Lipinski definition) is 3. The average Bonchev–Trinajstić information content (AvgIpc) is 3.05. The molecule has 0 aliphatic rings. The largest absolute Gasteiger partial charge is 0.328 e. The fourth-order valence-electron chi connectivity index (χ4n) is 2.40. The van der Waals surface area contributed by atoms with Gasteiger partial charge in [-0.15, -0.1) is 0 Å². The molecule has 0 saturated carbocycles. The minimum Gasteiger partial charge on any atom is -0.328 e. The molecule has 0 spiro atoms. The summed E-state index contributed by atoms with van der Waals surface area (Å²) in [5.41, 5.74) is 3.82. The third-order valence-corrected chi connectivity index (χ3v) is 4.19. The highest BCUT2D eigenvalue weighted by atomic mass is 32.1. The predicted molar refractivity (Wildman–Crippen MR) is 89.7 cm³/mol. The highest BCUT2D eigenvalue weighted by Gasteiger charge is 2.13. The van der Waals surface area contributed by atoms with Crippen molar-refractivity contribution < 1.29 is 0 Å². The minimum absolute atomic E-state index is 0.115. The number of hydrogen-bond donors (Lipinski definition) is 1. The molecule has 0 aliphatic carbocycles. The van der Waals surface area contributed by atoms with Gasteiger partial charge in [0.1, 0.15) is 5.65 Å². The zero-order valence-corrected chi connectivity index (χ0v) is 13.6. The first kappa shape index (κ1) is 14.3. The third-order valence-electron chi connectivity index (χ3n) is 3.46. The van der Waals surface area contributed by atoms with E-state index in [-0.39, 0.29) is 5.54 Å². The van der Waals surface area contributed by atoms with Crippen molar-refractivity contribution in [2.75, 3.05) is 0 Å². The molecule has 0 aromatic carbocycles. The van der Waals surface area contributed by atoms with Gasteiger partial charge < -0.3 is 9.88 Å². The number of thiophene rings is 1. The van der Waals surface area contributed by atoms with Crippen LogP contribution in [-0.4, -0.2) is 15.1 Å². The van der Waals surface area contributed by atoms with Crippen LogP contribution in [0.25, 0.3) is 11.0 Å². The summed E-state index contributed by atoms with van der Waals surface area (Å²) in [4.78, 5) is 4.57. The summed E-state index contributed by atoms with van der Waals surface area (Å²) in [6.45, 7) is 8.32. The molecule has 0 fully saturated rings. The van der Waals surface area contributed by atoms with Crippen molar-refractivity contribution in [3.05, 3.63) is 52.5 Å². The fraction of sp³-hybridized carbons (Fsp3) is 0.353. The summed E-state index contributed by atoms with van der Waals surface area (Å²) in [5, 5.41) is 9.12. The molecule has 4 heteroatoms. The quantitative estimate of drug-likeness (QED) is 0.788. The zero-order valence-electron chi connectivity index (χ0n) is 12.8. The Labute approximate surface area is 129 Å². The summed E-state index contributed by atoms with van der Waals surface area (Å²) in [6.07, 6.45) is 4.10. The van der Waals surface area contributed by atoms with Crippen molar-refractivity contribution in [2.45, 2.75) is 39.4 Å². The second kappa shape index (κ2) is 5.62. The van der Waals surface area contributed by atoms with Crippen LogP contribution in [-0.2, 0) is 13.1 Å². The Morgan fingerprint density at radius 3 is 2.86 bits per heavy atom. The van der Waals surface area contributed by atoms with Crippen LogP contribution in [0.2, 0.25) is 0 Å². The molecule has 0 unspecified atom stereocenters. The topological polar surface area (TPSA) is 29.9 Å². The molecule has 0 aliphatic heterocycles. The van der Waals surface area contributed by atoms with Crippen LogP contribution in [0.3, 0.4) is 0 Å². The third kappa shape index (κ3) is 3.34. The van der Waals surface area contributed by atoms with Crippen LogP contribution in [0, 0.1) is 0 Å². The Morgan fingerprint density at radius 2 is 2.14 bits per heavy atom. The van der Waals surface area contributed by atoms with Crippen LogP contribution >= 0.6 is 11.3 Å². The highest BCUT2D eigenvalue weighted by molar-refractivity contribution is 7.07. The van der Waals surface area contributed by atoms with Crippen molar-refractivity contribution in [2.24, 2.45) is 0 Å². The minimum atomic E-state index is 0.115. The molecular formula is C17H21N3S. The standard InChI is InChI=1S/C17H21N3S/c1-17(2,3)19-9-14-11-20(10-13-6-8-21-12-13)16-15(14)5-4-7-18-16/h4-8,11-12,19H,9-10H2,1-3H3. The van der Waals surface area contributed by atoms with Crippen LogP contribution in [0.4, 0.5) is 0 Å². The maximum Gasteiger partial charge on any atom is 0.140 e. The number of nitrogens with zero attached hydrogens (tertiary/aromatic N) is 2. The second-order valence-electron chi connectivity index (χ2n) is 6.39. The first-order chi connectivity index (χ1) is 10.0. The van der Waals surface area contributed by atoms with E-state index in [1.165, 1.54) is 16.5 Å². The maximum absolute atomic E-state index is 4.57. The van der Waals surface area contributed by atoms with E-state index in [9.17, 15) is 0 Å². The van der Waals surface area contributed by atoms with Gasteiger partial charge in [-0.05, 0) is 60.9 Å². The van der Waals surface area contributed by atoms with E-state index in [0.29, 0.717) is 0 Å². The Hall–Kier alpha value is -1.65. The SMILES string of the molecule is CC(C)(C)NCc1cn(Cc2ccsc2)c2ncccc12. The zero-order chi connectivity index (χ0) is 14.9. The molecule has 3 aromatic heterocycles. The van der Waals surface area contributed by atoms with E-state index in [1.807, 2.05) is 12.3 Å². The lowest BCUT2D eigenvalue weighted by Gasteiger charge is -2.20. The number of nitrogens with one attached hydrogen (secondary N) is 1. The van der Waals surface area contributed by atoms with Crippen molar-refractivity contribution in [1.82, 2.24) is 14.9 Å². The lowest BCUT2D eigenvalue weighted by Crippen LogP contribution is -2.34. The van der Waals surface area contributed by atoms with E-state index in [2.05, 4.69) is 64.7 Å². The normalized spacial score (nSPS) is 12.1. The van der Waals surface area contributed by atoms with Gasteiger partial charge in [-0.2, -0.15) is 11.3 Å². The molecule has 110 valence electrons. The van der Waals surface area contributed by atoms with Crippen molar-refractivity contribution in [3.63, 3.8) is 0 Å².